The molecule has 5 heteroatoms. The zero-order valence-electron chi connectivity index (χ0n) is 11.5. The number of hydrogen-bond acceptors (Lipinski definition) is 3. The summed E-state index contributed by atoms with van der Waals surface area (Å²) in [4.78, 5) is 4.37. The quantitative estimate of drug-likeness (QED) is 0.763. The summed E-state index contributed by atoms with van der Waals surface area (Å²) < 4.78 is 8.24. The fourth-order valence-corrected chi connectivity index (χ4v) is 2.46. The number of rotatable bonds is 4. The highest BCUT2D eigenvalue weighted by Gasteiger charge is 2.08. The number of ether oxygens (including phenoxy) is 1. The number of halogens is 1. The largest absolute Gasteiger partial charge is 0.495 e. The molecule has 0 spiro atoms. The molecule has 0 aliphatic heterocycles. The van der Waals surface area contributed by atoms with Crippen molar-refractivity contribution in [1.82, 2.24) is 9.55 Å². The number of aromatic nitrogens is 2. The number of hydrogen-bond donors (Lipinski definition) is 1. The summed E-state index contributed by atoms with van der Waals surface area (Å²) in [7, 11) is 1.65. The second-order valence-electron chi connectivity index (χ2n) is 4.43. The lowest BCUT2D eigenvalue weighted by molar-refractivity contribution is 0.412. The molecule has 0 aliphatic carbocycles. The monoisotopic (exact) mass is 343 g/mol. The van der Waals surface area contributed by atoms with Crippen molar-refractivity contribution < 1.29 is 4.74 Å². The summed E-state index contributed by atoms with van der Waals surface area (Å²) in [5.41, 5.74) is 1.97. The average Bonchev–Trinajstić information content (AvgIpc) is 2.97. The maximum atomic E-state index is 5.34. The Balaban J connectivity index is 1.95. The van der Waals surface area contributed by atoms with Crippen molar-refractivity contribution >= 4 is 27.6 Å². The van der Waals surface area contributed by atoms with Crippen molar-refractivity contribution in [2.45, 2.75) is 0 Å². The van der Waals surface area contributed by atoms with Gasteiger partial charge in [-0.15, -0.1) is 0 Å². The van der Waals surface area contributed by atoms with Crippen LogP contribution in [0.2, 0.25) is 0 Å². The smallest absolute Gasteiger partial charge is 0.212 e. The van der Waals surface area contributed by atoms with Crippen LogP contribution < -0.4 is 10.1 Å². The summed E-state index contributed by atoms with van der Waals surface area (Å²) in [6.45, 7) is 0. The van der Waals surface area contributed by atoms with Gasteiger partial charge in [0.15, 0.2) is 0 Å². The Hall–Kier alpha value is -2.27. The van der Waals surface area contributed by atoms with Crippen LogP contribution >= 0.6 is 15.9 Å². The standard InChI is InChI=1S/C16H14BrN3O/c1-21-15-11-13(7-8-14(15)17)20-10-9-18-16(20)19-12-5-3-2-4-6-12/h2-11H,1H3,(H,18,19). The molecule has 21 heavy (non-hydrogen) atoms. The minimum atomic E-state index is 0.755. The molecule has 2 aromatic carbocycles. The zero-order chi connectivity index (χ0) is 14.7. The normalized spacial score (nSPS) is 10.4. The van der Waals surface area contributed by atoms with E-state index in [1.807, 2.05) is 59.3 Å². The number of imidazole rings is 1. The van der Waals surface area contributed by atoms with E-state index in [-0.39, 0.29) is 0 Å². The van der Waals surface area contributed by atoms with Gasteiger partial charge in [-0.1, -0.05) is 18.2 Å². The molecule has 0 bridgehead atoms. The molecule has 106 valence electrons. The topological polar surface area (TPSA) is 39.1 Å². The van der Waals surface area contributed by atoms with E-state index in [1.54, 1.807) is 13.3 Å². The number of nitrogens with one attached hydrogen (secondary N) is 1. The average molecular weight is 344 g/mol. The number of para-hydroxylation sites is 1. The second-order valence-corrected chi connectivity index (χ2v) is 5.29. The lowest BCUT2D eigenvalue weighted by atomic mass is 10.3. The van der Waals surface area contributed by atoms with E-state index in [2.05, 4.69) is 26.2 Å². The molecule has 4 nitrogen and oxygen atoms in total. The van der Waals surface area contributed by atoms with Crippen LogP contribution in [0.1, 0.15) is 0 Å². The molecular formula is C16H14BrN3O. The van der Waals surface area contributed by atoms with Crippen molar-refractivity contribution in [2.24, 2.45) is 0 Å². The predicted molar refractivity (Wildman–Crippen MR) is 87.5 cm³/mol. The molecule has 0 saturated heterocycles. The molecule has 3 aromatic rings. The number of anilines is 2. The van der Waals surface area contributed by atoms with Gasteiger partial charge in [-0.05, 0) is 40.2 Å². The zero-order valence-corrected chi connectivity index (χ0v) is 13.0. The number of methoxy groups -OCH3 is 1. The van der Waals surface area contributed by atoms with Crippen LogP contribution in [0.5, 0.6) is 5.75 Å². The molecule has 3 rings (SSSR count). The van der Waals surface area contributed by atoms with Gasteiger partial charge in [-0.3, -0.25) is 4.57 Å². The highest BCUT2D eigenvalue weighted by Crippen LogP contribution is 2.28. The highest BCUT2D eigenvalue weighted by atomic mass is 79.9. The molecule has 0 unspecified atom stereocenters. The van der Waals surface area contributed by atoms with Crippen LogP contribution in [-0.2, 0) is 0 Å². The first-order chi connectivity index (χ1) is 10.3. The molecule has 0 fully saturated rings. The Kier molecular flexibility index (Phi) is 3.92. The van der Waals surface area contributed by atoms with Crippen molar-refractivity contribution in [3.05, 3.63) is 65.4 Å². The predicted octanol–water partition coefficient (Wildman–Crippen LogP) is 4.39. The minimum absolute atomic E-state index is 0.755. The molecule has 0 radical (unpaired) electrons. The molecule has 0 atom stereocenters. The van der Waals surface area contributed by atoms with E-state index in [9.17, 15) is 0 Å². The lowest BCUT2D eigenvalue weighted by Gasteiger charge is -2.11. The van der Waals surface area contributed by atoms with Crippen LogP contribution in [0, 0.1) is 0 Å². The van der Waals surface area contributed by atoms with E-state index < -0.39 is 0 Å². The summed E-state index contributed by atoms with van der Waals surface area (Å²) in [5.74, 6) is 1.54. The lowest BCUT2D eigenvalue weighted by Crippen LogP contribution is -2.01. The first-order valence-electron chi connectivity index (χ1n) is 6.47. The molecule has 0 aliphatic rings. The Morgan fingerprint density at radius 1 is 1.14 bits per heavy atom. The third-order valence-electron chi connectivity index (χ3n) is 3.08. The summed E-state index contributed by atoms with van der Waals surface area (Å²) >= 11 is 3.46. The fourth-order valence-electron chi connectivity index (χ4n) is 2.05. The van der Waals surface area contributed by atoms with Gasteiger partial charge in [0.1, 0.15) is 5.75 Å². The van der Waals surface area contributed by atoms with Gasteiger partial charge in [-0.2, -0.15) is 0 Å². The van der Waals surface area contributed by atoms with Crippen LogP contribution in [0.15, 0.2) is 65.4 Å². The van der Waals surface area contributed by atoms with Crippen molar-refractivity contribution in [2.75, 3.05) is 12.4 Å². The van der Waals surface area contributed by atoms with Crippen molar-refractivity contribution in [1.29, 1.82) is 0 Å². The molecular weight excluding hydrogens is 330 g/mol. The van der Waals surface area contributed by atoms with E-state index in [0.29, 0.717) is 0 Å². The molecule has 1 N–H and O–H groups in total. The molecule has 1 aromatic heterocycles. The summed E-state index contributed by atoms with van der Waals surface area (Å²) in [6.07, 6.45) is 3.67. The summed E-state index contributed by atoms with van der Waals surface area (Å²) in [5, 5.41) is 3.30. The highest BCUT2D eigenvalue weighted by molar-refractivity contribution is 9.10. The number of benzene rings is 2. The third kappa shape index (κ3) is 2.92. The van der Waals surface area contributed by atoms with Crippen LogP contribution in [0.4, 0.5) is 11.6 Å². The third-order valence-corrected chi connectivity index (χ3v) is 3.74. The van der Waals surface area contributed by atoms with E-state index in [1.165, 1.54) is 0 Å². The molecule has 0 saturated carbocycles. The summed E-state index contributed by atoms with van der Waals surface area (Å²) in [6, 6.07) is 15.9. The van der Waals surface area contributed by atoms with Gasteiger partial charge < -0.3 is 10.1 Å². The van der Waals surface area contributed by atoms with Crippen LogP contribution in [0.3, 0.4) is 0 Å². The Labute approximate surface area is 131 Å². The van der Waals surface area contributed by atoms with Gasteiger partial charge in [0, 0.05) is 24.1 Å². The van der Waals surface area contributed by atoms with Gasteiger partial charge >= 0.3 is 0 Å². The molecule has 0 amide bonds. The second kappa shape index (κ2) is 6.01. The first-order valence-corrected chi connectivity index (χ1v) is 7.26. The SMILES string of the molecule is COc1cc(-n2ccnc2Nc2ccccc2)ccc1Br. The van der Waals surface area contributed by atoms with Gasteiger partial charge in [-0.25, -0.2) is 4.98 Å². The van der Waals surface area contributed by atoms with Crippen molar-refractivity contribution in [3.63, 3.8) is 0 Å². The fraction of sp³-hybridized carbons (Fsp3) is 0.0625. The Morgan fingerprint density at radius 2 is 1.95 bits per heavy atom. The Morgan fingerprint density at radius 3 is 2.71 bits per heavy atom. The number of nitrogens with zero attached hydrogens (tertiary/aromatic N) is 2. The van der Waals surface area contributed by atoms with Gasteiger partial charge in [0.2, 0.25) is 5.95 Å². The van der Waals surface area contributed by atoms with Crippen LogP contribution in [0.25, 0.3) is 5.69 Å². The maximum absolute atomic E-state index is 5.34. The van der Waals surface area contributed by atoms with E-state index in [4.69, 9.17) is 4.74 Å². The Bertz CT molecular complexity index is 740. The first kappa shape index (κ1) is 13.7. The van der Waals surface area contributed by atoms with Crippen molar-refractivity contribution in [3.8, 4) is 11.4 Å². The molecule has 1 heterocycles. The van der Waals surface area contributed by atoms with Gasteiger partial charge in [0.25, 0.3) is 0 Å². The van der Waals surface area contributed by atoms with Gasteiger partial charge in [0.05, 0.1) is 17.3 Å². The van der Waals surface area contributed by atoms with Crippen LogP contribution in [-0.4, -0.2) is 16.7 Å². The minimum Gasteiger partial charge on any atom is -0.495 e. The van der Waals surface area contributed by atoms with E-state index >= 15 is 0 Å². The maximum Gasteiger partial charge on any atom is 0.212 e. The van der Waals surface area contributed by atoms with E-state index in [0.717, 1.165) is 27.5 Å².